The standard InChI is InChI=1S/C8H19O3P/c1-7(2,3)6-8(4,5)11-12(9)10/h9-10H,6H2,1-5H3. The summed E-state index contributed by atoms with van der Waals surface area (Å²) in [5.41, 5.74) is -0.331. The Labute approximate surface area is 75.8 Å². The van der Waals surface area contributed by atoms with E-state index in [0.717, 1.165) is 6.42 Å². The van der Waals surface area contributed by atoms with Crippen LogP contribution in [0.3, 0.4) is 0 Å². The van der Waals surface area contributed by atoms with Gasteiger partial charge in [-0.1, -0.05) is 20.8 Å². The molecule has 0 aliphatic heterocycles. The Balaban J connectivity index is 4.04. The number of hydrogen-bond acceptors (Lipinski definition) is 3. The Morgan fingerprint density at radius 1 is 1.08 bits per heavy atom. The molecule has 0 unspecified atom stereocenters. The van der Waals surface area contributed by atoms with Crippen LogP contribution in [0.15, 0.2) is 0 Å². The summed E-state index contributed by atoms with van der Waals surface area (Å²) in [5, 5.41) is 0. The first-order valence-corrected chi connectivity index (χ1v) is 5.16. The second-order valence-electron chi connectivity index (χ2n) is 4.84. The van der Waals surface area contributed by atoms with E-state index < -0.39 is 14.2 Å². The molecule has 0 radical (unpaired) electrons. The summed E-state index contributed by atoms with van der Waals surface area (Å²) in [6, 6.07) is 0. The van der Waals surface area contributed by atoms with E-state index >= 15 is 0 Å². The van der Waals surface area contributed by atoms with E-state index in [4.69, 9.17) is 14.3 Å². The van der Waals surface area contributed by atoms with Crippen molar-refractivity contribution in [3.8, 4) is 0 Å². The molecular weight excluding hydrogens is 175 g/mol. The minimum Gasteiger partial charge on any atom is -0.328 e. The summed E-state index contributed by atoms with van der Waals surface area (Å²) in [4.78, 5) is 17.4. The van der Waals surface area contributed by atoms with Crippen molar-refractivity contribution >= 4 is 8.60 Å². The Hall–Kier alpha value is 0.310. The average Bonchev–Trinajstić information content (AvgIpc) is 1.48. The third-order valence-corrected chi connectivity index (χ3v) is 1.94. The van der Waals surface area contributed by atoms with Gasteiger partial charge in [0.15, 0.2) is 0 Å². The highest BCUT2D eigenvalue weighted by atomic mass is 31.2. The van der Waals surface area contributed by atoms with Crippen LogP contribution in [0.4, 0.5) is 0 Å². The van der Waals surface area contributed by atoms with E-state index in [1.54, 1.807) is 0 Å². The maximum absolute atomic E-state index is 8.68. The van der Waals surface area contributed by atoms with Gasteiger partial charge in [0.2, 0.25) is 0 Å². The molecule has 0 aromatic heterocycles. The minimum absolute atomic E-state index is 0.134. The average molecular weight is 194 g/mol. The summed E-state index contributed by atoms with van der Waals surface area (Å²) < 4.78 is 4.99. The Bertz CT molecular complexity index is 138. The van der Waals surface area contributed by atoms with Gasteiger partial charge in [-0.2, -0.15) is 0 Å². The van der Waals surface area contributed by atoms with Crippen molar-refractivity contribution < 1.29 is 14.3 Å². The normalized spacial score (nSPS) is 14.0. The highest BCUT2D eigenvalue weighted by molar-refractivity contribution is 7.39. The lowest BCUT2D eigenvalue weighted by atomic mass is 9.84. The van der Waals surface area contributed by atoms with Gasteiger partial charge in [0, 0.05) is 0 Å². The minimum atomic E-state index is -2.24. The molecule has 0 saturated carbocycles. The van der Waals surface area contributed by atoms with Gasteiger partial charge >= 0.3 is 8.60 Å². The molecular formula is C8H19O3P. The van der Waals surface area contributed by atoms with Gasteiger partial charge in [-0.15, -0.1) is 0 Å². The predicted molar refractivity (Wildman–Crippen MR) is 50.6 cm³/mol. The topological polar surface area (TPSA) is 49.7 Å². The van der Waals surface area contributed by atoms with Crippen LogP contribution in [0.1, 0.15) is 41.0 Å². The molecule has 0 aromatic rings. The third kappa shape index (κ3) is 6.99. The van der Waals surface area contributed by atoms with Gasteiger partial charge in [0.1, 0.15) is 0 Å². The maximum atomic E-state index is 8.68. The number of hydrogen-bond donors (Lipinski definition) is 2. The van der Waals surface area contributed by atoms with E-state index in [1.807, 2.05) is 13.8 Å². The van der Waals surface area contributed by atoms with Crippen LogP contribution in [-0.4, -0.2) is 15.4 Å². The van der Waals surface area contributed by atoms with Crippen LogP contribution >= 0.6 is 8.60 Å². The summed E-state index contributed by atoms with van der Waals surface area (Å²) in [7, 11) is -2.24. The predicted octanol–water partition coefficient (Wildman–Crippen LogP) is 2.43. The van der Waals surface area contributed by atoms with E-state index in [1.165, 1.54) is 0 Å². The lowest BCUT2D eigenvalue weighted by Crippen LogP contribution is -2.28. The summed E-state index contributed by atoms with van der Waals surface area (Å²) in [6.07, 6.45) is 0.792. The lowest BCUT2D eigenvalue weighted by molar-refractivity contribution is 0.0497. The molecule has 0 aromatic carbocycles. The van der Waals surface area contributed by atoms with Crippen LogP contribution in [0.2, 0.25) is 0 Å². The molecule has 0 rings (SSSR count). The molecule has 3 nitrogen and oxygen atoms in total. The zero-order valence-electron chi connectivity index (χ0n) is 8.46. The summed E-state index contributed by atoms with van der Waals surface area (Å²) in [5.74, 6) is 0. The highest BCUT2D eigenvalue weighted by Crippen LogP contribution is 2.38. The van der Waals surface area contributed by atoms with E-state index in [0.29, 0.717) is 0 Å². The van der Waals surface area contributed by atoms with Gasteiger partial charge in [-0.3, -0.25) is 0 Å². The Morgan fingerprint density at radius 3 is 1.75 bits per heavy atom. The molecule has 0 atom stereocenters. The molecule has 0 bridgehead atoms. The zero-order chi connectivity index (χ0) is 9.99. The van der Waals surface area contributed by atoms with Crippen molar-refractivity contribution in [3.63, 3.8) is 0 Å². The van der Waals surface area contributed by atoms with E-state index in [-0.39, 0.29) is 5.41 Å². The Morgan fingerprint density at radius 2 is 1.50 bits per heavy atom. The fraction of sp³-hybridized carbons (Fsp3) is 1.00. The Kier molecular flexibility index (Phi) is 4.12. The quantitative estimate of drug-likeness (QED) is 0.678. The van der Waals surface area contributed by atoms with E-state index in [2.05, 4.69) is 20.8 Å². The summed E-state index contributed by atoms with van der Waals surface area (Å²) >= 11 is 0. The lowest BCUT2D eigenvalue weighted by Gasteiger charge is -2.32. The first-order valence-electron chi connectivity index (χ1n) is 3.99. The van der Waals surface area contributed by atoms with Crippen LogP contribution in [0, 0.1) is 5.41 Å². The first kappa shape index (κ1) is 12.3. The molecule has 0 aliphatic rings. The SMILES string of the molecule is CC(C)(C)CC(C)(C)OP(O)O. The molecule has 4 heteroatoms. The van der Waals surface area contributed by atoms with Crippen molar-refractivity contribution in [1.29, 1.82) is 0 Å². The van der Waals surface area contributed by atoms with Crippen LogP contribution in [0.5, 0.6) is 0 Å². The number of rotatable bonds is 3. The largest absolute Gasteiger partial charge is 0.328 e. The zero-order valence-corrected chi connectivity index (χ0v) is 9.35. The first-order chi connectivity index (χ1) is 5.12. The monoisotopic (exact) mass is 194 g/mol. The van der Waals surface area contributed by atoms with Crippen molar-refractivity contribution in [2.24, 2.45) is 5.41 Å². The van der Waals surface area contributed by atoms with E-state index in [9.17, 15) is 0 Å². The van der Waals surface area contributed by atoms with Gasteiger partial charge in [-0.25, -0.2) is 0 Å². The molecule has 0 spiro atoms. The fourth-order valence-electron chi connectivity index (χ4n) is 1.53. The van der Waals surface area contributed by atoms with Crippen molar-refractivity contribution in [2.75, 3.05) is 0 Å². The fourth-order valence-corrected chi connectivity index (χ4v) is 2.04. The molecule has 0 saturated heterocycles. The summed E-state index contributed by atoms with van der Waals surface area (Å²) in [6.45, 7) is 10.00. The third-order valence-electron chi connectivity index (χ3n) is 1.28. The van der Waals surface area contributed by atoms with Crippen molar-refractivity contribution in [1.82, 2.24) is 0 Å². The van der Waals surface area contributed by atoms with Crippen LogP contribution in [0.25, 0.3) is 0 Å². The van der Waals surface area contributed by atoms with Crippen LogP contribution < -0.4 is 0 Å². The smallest absolute Gasteiger partial charge is 0.327 e. The molecule has 0 aliphatic carbocycles. The maximum Gasteiger partial charge on any atom is 0.327 e. The van der Waals surface area contributed by atoms with Gasteiger partial charge in [0.05, 0.1) is 5.60 Å². The van der Waals surface area contributed by atoms with Crippen LogP contribution in [-0.2, 0) is 4.52 Å². The molecule has 0 heterocycles. The van der Waals surface area contributed by atoms with Crippen molar-refractivity contribution in [3.05, 3.63) is 0 Å². The molecule has 12 heavy (non-hydrogen) atoms. The van der Waals surface area contributed by atoms with Gasteiger partial charge < -0.3 is 14.3 Å². The molecule has 74 valence electrons. The second kappa shape index (κ2) is 4.01. The second-order valence-corrected chi connectivity index (χ2v) is 5.53. The molecule has 0 fully saturated rings. The van der Waals surface area contributed by atoms with Gasteiger partial charge in [-0.05, 0) is 25.7 Å². The molecule has 0 amide bonds. The van der Waals surface area contributed by atoms with Gasteiger partial charge in [0.25, 0.3) is 0 Å². The van der Waals surface area contributed by atoms with Crippen molar-refractivity contribution in [2.45, 2.75) is 46.6 Å². The molecule has 2 N–H and O–H groups in total. The highest BCUT2D eigenvalue weighted by Gasteiger charge is 2.28.